The lowest BCUT2D eigenvalue weighted by Crippen LogP contribution is -2.52. The van der Waals surface area contributed by atoms with Crippen LogP contribution in [0.1, 0.15) is 56.9 Å². The molecule has 1 aromatic carbocycles. The van der Waals surface area contributed by atoms with Crippen LogP contribution in [0.2, 0.25) is 0 Å². The Bertz CT molecular complexity index is 380. The zero-order valence-corrected chi connectivity index (χ0v) is 13.7. The molecule has 2 heteroatoms. The van der Waals surface area contributed by atoms with E-state index in [-0.39, 0.29) is 5.54 Å². The van der Waals surface area contributed by atoms with Crippen LogP contribution in [0.3, 0.4) is 0 Å². The van der Waals surface area contributed by atoms with Gasteiger partial charge in [-0.25, -0.2) is 0 Å². The summed E-state index contributed by atoms with van der Waals surface area (Å²) < 4.78 is 0. The molecule has 1 aromatic rings. The maximum atomic E-state index is 6.16. The van der Waals surface area contributed by atoms with Crippen LogP contribution in [0, 0.1) is 0 Å². The minimum absolute atomic E-state index is 0.281. The van der Waals surface area contributed by atoms with Gasteiger partial charge in [-0.1, -0.05) is 56.0 Å². The molecule has 0 heterocycles. The van der Waals surface area contributed by atoms with E-state index in [1.165, 1.54) is 69.9 Å². The van der Waals surface area contributed by atoms with Gasteiger partial charge in [-0.15, -0.1) is 0 Å². The topological polar surface area (TPSA) is 29.3 Å². The van der Waals surface area contributed by atoms with Gasteiger partial charge in [-0.3, -0.25) is 4.90 Å². The lowest BCUT2D eigenvalue weighted by molar-refractivity contribution is 0.105. The Kier molecular flexibility index (Phi) is 6.72. The first-order valence-corrected chi connectivity index (χ1v) is 8.72. The summed E-state index contributed by atoms with van der Waals surface area (Å²) in [5.74, 6) is 0. The van der Waals surface area contributed by atoms with Gasteiger partial charge < -0.3 is 5.73 Å². The van der Waals surface area contributed by atoms with Gasteiger partial charge >= 0.3 is 0 Å². The molecule has 0 aliphatic heterocycles. The van der Waals surface area contributed by atoms with Crippen LogP contribution in [-0.2, 0) is 6.42 Å². The molecule has 0 bridgehead atoms. The van der Waals surface area contributed by atoms with Crippen LogP contribution in [0.4, 0.5) is 0 Å². The van der Waals surface area contributed by atoms with Crippen molar-refractivity contribution in [3.05, 3.63) is 35.9 Å². The van der Waals surface area contributed by atoms with E-state index in [2.05, 4.69) is 42.3 Å². The van der Waals surface area contributed by atoms with Crippen molar-refractivity contribution in [2.45, 2.75) is 63.3 Å². The predicted molar refractivity (Wildman–Crippen MR) is 91.5 cm³/mol. The van der Waals surface area contributed by atoms with Gasteiger partial charge in [0.25, 0.3) is 0 Å². The Labute approximate surface area is 130 Å². The number of nitrogens with two attached hydrogens (primary N) is 1. The van der Waals surface area contributed by atoms with E-state index in [9.17, 15) is 0 Å². The molecule has 0 spiro atoms. The summed E-state index contributed by atoms with van der Waals surface area (Å²) in [6, 6.07) is 10.8. The van der Waals surface area contributed by atoms with Crippen molar-refractivity contribution >= 4 is 0 Å². The zero-order valence-electron chi connectivity index (χ0n) is 13.7. The van der Waals surface area contributed by atoms with E-state index in [1.807, 2.05) is 0 Å². The number of benzene rings is 1. The number of likely N-dealkylation sites (N-methyl/N-ethyl adjacent to an activating group) is 1. The van der Waals surface area contributed by atoms with Crippen LogP contribution in [0.5, 0.6) is 0 Å². The fraction of sp³-hybridized carbons (Fsp3) is 0.684. The van der Waals surface area contributed by atoms with Gasteiger partial charge in [0.2, 0.25) is 0 Å². The summed E-state index contributed by atoms with van der Waals surface area (Å²) in [5.41, 5.74) is 7.90. The van der Waals surface area contributed by atoms with E-state index < -0.39 is 0 Å². The number of rotatable bonds is 7. The second kappa shape index (κ2) is 8.55. The Morgan fingerprint density at radius 2 is 1.67 bits per heavy atom. The van der Waals surface area contributed by atoms with Gasteiger partial charge in [-0.2, -0.15) is 0 Å². The Hall–Kier alpha value is -0.860. The van der Waals surface area contributed by atoms with Crippen molar-refractivity contribution in [3.63, 3.8) is 0 Å². The lowest BCUT2D eigenvalue weighted by Gasteiger charge is -2.41. The van der Waals surface area contributed by atoms with E-state index >= 15 is 0 Å². The molecule has 1 aliphatic carbocycles. The number of unbranched alkanes of at least 4 members (excludes halogenated alkanes) is 1. The summed E-state index contributed by atoms with van der Waals surface area (Å²) in [7, 11) is 2.29. The predicted octanol–water partition coefficient (Wildman–Crippen LogP) is 3.99. The maximum absolute atomic E-state index is 6.16. The molecule has 1 fully saturated rings. The highest BCUT2D eigenvalue weighted by molar-refractivity contribution is 5.14. The largest absolute Gasteiger partial charge is 0.329 e. The van der Waals surface area contributed by atoms with Crippen molar-refractivity contribution in [2.75, 3.05) is 20.1 Å². The first-order valence-electron chi connectivity index (χ1n) is 8.72. The van der Waals surface area contributed by atoms with Crippen LogP contribution in [0.15, 0.2) is 30.3 Å². The monoisotopic (exact) mass is 288 g/mol. The molecule has 1 aliphatic rings. The molecular formula is C19H32N2. The average Bonchev–Trinajstić information content (AvgIpc) is 2.79. The SMILES string of the molecule is CN(CCCCc1ccccc1)C1(CN)CCCCCC1. The van der Waals surface area contributed by atoms with E-state index in [0.717, 1.165) is 6.54 Å². The van der Waals surface area contributed by atoms with Crippen LogP contribution >= 0.6 is 0 Å². The van der Waals surface area contributed by atoms with E-state index in [1.54, 1.807) is 0 Å². The molecule has 0 unspecified atom stereocenters. The first kappa shape index (κ1) is 16.5. The molecule has 0 aromatic heterocycles. The van der Waals surface area contributed by atoms with Crippen molar-refractivity contribution in [3.8, 4) is 0 Å². The third kappa shape index (κ3) is 4.82. The molecule has 2 rings (SSSR count). The quantitative estimate of drug-likeness (QED) is 0.607. The second-order valence-corrected chi connectivity index (χ2v) is 6.71. The minimum atomic E-state index is 0.281. The van der Waals surface area contributed by atoms with Crippen molar-refractivity contribution in [1.82, 2.24) is 4.90 Å². The number of nitrogens with zero attached hydrogens (tertiary/aromatic N) is 1. The number of aryl methyl sites for hydroxylation is 1. The highest BCUT2D eigenvalue weighted by Gasteiger charge is 2.33. The normalized spacial score (nSPS) is 18.6. The summed E-state index contributed by atoms with van der Waals surface area (Å²) in [4.78, 5) is 2.57. The van der Waals surface area contributed by atoms with Crippen molar-refractivity contribution in [2.24, 2.45) is 5.73 Å². The van der Waals surface area contributed by atoms with Crippen molar-refractivity contribution in [1.29, 1.82) is 0 Å². The summed E-state index contributed by atoms with van der Waals surface area (Å²) in [6.45, 7) is 2.01. The van der Waals surface area contributed by atoms with Crippen LogP contribution in [0.25, 0.3) is 0 Å². The number of hydrogen-bond acceptors (Lipinski definition) is 2. The first-order chi connectivity index (χ1) is 10.3. The maximum Gasteiger partial charge on any atom is 0.0328 e. The molecule has 0 radical (unpaired) electrons. The smallest absolute Gasteiger partial charge is 0.0328 e. The summed E-state index contributed by atoms with van der Waals surface area (Å²) in [6.07, 6.45) is 11.8. The summed E-state index contributed by atoms with van der Waals surface area (Å²) >= 11 is 0. The Balaban J connectivity index is 1.75. The number of hydrogen-bond donors (Lipinski definition) is 1. The molecule has 1 saturated carbocycles. The third-order valence-corrected chi connectivity index (χ3v) is 5.28. The van der Waals surface area contributed by atoms with Gasteiger partial charge in [0.15, 0.2) is 0 Å². The molecule has 2 N–H and O–H groups in total. The average molecular weight is 288 g/mol. The van der Waals surface area contributed by atoms with Gasteiger partial charge in [0.05, 0.1) is 0 Å². The molecule has 118 valence electrons. The van der Waals surface area contributed by atoms with E-state index in [0.29, 0.717) is 0 Å². The molecule has 0 amide bonds. The van der Waals surface area contributed by atoms with Gasteiger partial charge in [-0.05, 0) is 51.3 Å². The standard InChI is InChI=1S/C19H32N2/c1-21(19(17-20)14-8-2-3-9-15-19)16-10-7-13-18-11-5-4-6-12-18/h4-6,11-12H,2-3,7-10,13-17,20H2,1H3. The van der Waals surface area contributed by atoms with E-state index in [4.69, 9.17) is 5.73 Å². The Morgan fingerprint density at radius 3 is 2.29 bits per heavy atom. The Morgan fingerprint density at radius 1 is 1.00 bits per heavy atom. The van der Waals surface area contributed by atoms with Crippen LogP contribution in [-0.4, -0.2) is 30.6 Å². The highest BCUT2D eigenvalue weighted by Crippen LogP contribution is 2.31. The van der Waals surface area contributed by atoms with Gasteiger partial charge in [0, 0.05) is 12.1 Å². The molecule has 0 atom stereocenters. The van der Waals surface area contributed by atoms with Gasteiger partial charge in [0.1, 0.15) is 0 Å². The fourth-order valence-corrected chi connectivity index (χ4v) is 3.69. The molecule has 2 nitrogen and oxygen atoms in total. The fourth-order valence-electron chi connectivity index (χ4n) is 3.69. The third-order valence-electron chi connectivity index (χ3n) is 5.28. The molecule has 21 heavy (non-hydrogen) atoms. The molecule has 0 saturated heterocycles. The minimum Gasteiger partial charge on any atom is -0.329 e. The lowest BCUT2D eigenvalue weighted by atomic mass is 9.88. The molecular weight excluding hydrogens is 256 g/mol. The van der Waals surface area contributed by atoms with Crippen LogP contribution < -0.4 is 5.73 Å². The van der Waals surface area contributed by atoms with Crippen molar-refractivity contribution < 1.29 is 0 Å². The zero-order chi connectivity index (χ0) is 15.0. The second-order valence-electron chi connectivity index (χ2n) is 6.71. The highest BCUT2D eigenvalue weighted by atomic mass is 15.2. The summed E-state index contributed by atoms with van der Waals surface area (Å²) in [5, 5.41) is 0.